The maximum Gasteiger partial charge on any atom is 0.264 e. The number of rotatable bonds is 6. The van der Waals surface area contributed by atoms with Gasteiger partial charge in [0.05, 0.1) is 18.9 Å². The highest BCUT2D eigenvalue weighted by atomic mass is 32.1. The third-order valence-electron chi connectivity index (χ3n) is 3.59. The number of anilines is 1. The number of aromatic nitrogens is 1. The molecule has 1 amide bonds. The minimum atomic E-state index is -0.270. The fraction of sp³-hybridized carbons (Fsp3) is 0.222. The summed E-state index contributed by atoms with van der Waals surface area (Å²) in [7, 11) is 3.16. The highest BCUT2D eigenvalue weighted by Crippen LogP contribution is 2.36. The SMILES string of the molecule is COc1cc(OC)c2nc(NC(=O)COc3ccccc3C)sc2c1. The predicted octanol–water partition coefficient (Wildman–Crippen LogP) is 3.64. The number of methoxy groups -OCH3 is 2. The normalized spacial score (nSPS) is 10.5. The molecule has 2 aromatic carbocycles. The molecule has 0 aliphatic carbocycles. The molecular formula is C18H18N2O4S. The van der Waals surface area contributed by atoms with Gasteiger partial charge in [-0.15, -0.1) is 0 Å². The first-order valence-electron chi connectivity index (χ1n) is 7.61. The molecule has 1 heterocycles. The number of ether oxygens (including phenoxy) is 3. The van der Waals surface area contributed by atoms with Gasteiger partial charge >= 0.3 is 0 Å². The van der Waals surface area contributed by atoms with Crippen LogP contribution in [0.5, 0.6) is 17.2 Å². The molecule has 3 rings (SSSR count). The van der Waals surface area contributed by atoms with Crippen molar-refractivity contribution in [2.75, 3.05) is 26.1 Å². The van der Waals surface area contributed by atoms with E-state index in [4.69, 9.17) is 14.2 Å². The van der Waals surface area contributed by atoms with E-state index in [1.807, 2.05) is 37.3 Å². The number of nitrogens with zero attached hydrogens (tertiary/aromatic N) is 1. The van der Waals surface area contributed by atoms with Gasteiger partial charge in [0.2, 0.25) is 0 Å². The number of amides is 1. The molecule has 0 aliphatic heterocycles. The smallest absolute Gasteiger partial charge is 0.264 e. The van der Waals surface area contributed by atoms with E-state index < -0.39 is 0 Å². The molecule has 7 heteroatoms. The van der Waals surface area contributed by atoms with Gasteiger partial charge in [-0.2, -0.15) is 0 Å². The fourth-order valence-corrected chi connectivity index (χ4v) is 3.25. The van der Waals surface area contributed by atoms with Gasteiger partial charge in [0.15, 0.2) is 11.7 Å². The van der Waals surface area contributed by atoms with Crippen molar-refractivity contribution in [3.63, 3.8) is 0 Å². The number of nitrogens with one attached hydrogen (secondary N) is 1. The Kier molecular flexibility index (Phi) is 5.04. The topological polar surface area (TPSA) is 69.7 Å². The standard InChI is InChI=1S/C18H18N2O4S/c1-11-6-4-5-7-13(11)24-10-16(21)19-18-20-17-14(23-3)8-12(22-2)9-15(17)25-18/h4-9H,10H2,1-3H3,(H,19,20,21). The second-order valence-electron chi connectivity index (χ2n) is 5.30. The van der Waals surface area contributed by atoms with Crippen LogP contribution in [0, 0.1) is 6.92 Å². The van der Waals surface area contributed by atoms with Crippen LogP contribution in [0.3, 0.4) is 0 Å². The lowest BCUT2D eigenvalue weighted by Crippen LogP contribution is -2.20. The van der Waals surface area contributed by atoms with E-state index in [-0.39, 0.29) is 12.5 Å². The minimum Gasteiger partial charge on any atom is -0.497 e. The van der Waals surface area contributed by atoms with Crippen molar-refractivity contribution in [1.82, 2.24) is 4.98 Å². The summed E-state index contributed by atoms with van der Waals surface area (Å²) in [6.45, 7) is 1.85. The fourth-order valence-electron chi connectivity index (χ4n) is 2.32. The first kappa shape index (κ1) is 17.0. The van der Waals surface area contributed by atoms with Crippen LogP contribution in [0.4, 0.5) is 5.13 Å². The predicted molar refractivity (Wildman–Crippen MR) is 98.0 cm³/mol. The zero-order valence-electron chi connectivity index (χ0n) is 14.2. The molecule has 3 aromatic rings. The van der Waals surface area contributed by atoms with E-state index in [1.165, 1.54) is 11.3 Å². The summed E-state index contributed by atoms with van der Waals surface area (Å²) in [5.41, 5.74) is 1.66. The summed E-state index contributed by atoms with van der Waals surface area (Å²) in [4.78, 5) is 16.5. The summed E-state index contributed by atoms with van der Waals surface area (Å²) >= 11 is 1.35. The Hall–Kier alpha value is -2.80. The Morgan fingerprint density at radius 1 is 1.16 bits per heavy atom. The third-order valence-corrected chi connectivity index (χ3v) is 4.51. The highest BCUT2D eigenvalue weighted by molar-refractivity contribution is 7.22. The molecule has 0 aliphatic rings. The number of carbonyl (C=O) groups excluding carboxylic acids is 1. The number of hydrogen-bond donors (Lipinski definition) is 1. The van der Waals surface area contributed by atoms with Gasteiger partial charge in [-0.25, -0.2) is 4.98 Å². The van der Waals surface area contributed by atoms with Gasteiger partial charge in [-0.3, -0.25) is 10.1 Å². The zero-order chi connectivity index (χ0) is 17.8. The summed E-state index contributed by atoms with van der Waals surface area (Å²) in [5.74, 6) is 1.69. The molecule has 1 N–H and O–H groups in total. The van der Waals surface area contributed by atoms with E-state index in [0.29, 0.717) is 27.9 Å². The molecule has 0 spiro atoms. The molecule has 0 saturated heterocycles. The summed E-state index contributed by atoms with van der Waals surface area (Å²) in [6, 6.07) is 11.2. The van der Waals surface area contributed by atoms with Crippen LogP contribution < -0.4 is 19.5 Å². The molecule has 0 bridgehead atoms. The van der Waals surface area contributed by atoms with Crippen molar-refractivity contribution in [2.45, 2.75) is 6.92 Å². The van der Waals surface area contributed by atoms with Crippen molar-refractivity contribution in [3.8, 4) is 17.2 Å². The lowest BCUT2D eigenvalue weighted by atomic mass is 10.2. The Morgan fingerprint density at radius 2 is 1.96 bits per heavy atom. The van der Waals surface area contributed by atoms with E-state index in [1.54, 1.807) is 20.3 Å². The summed E-state index contributed by atoms with van der Waals surface area (Å²) in [6.07, 6.45) is 0. The first-order valence-corrected chi connectivity index (χ1v) is 8.43. The van der Waals surface area contributed by atoms with Crippen molar-refractivity contribution in [1.29, 1.82) is 0 Å². The highest BCUT2D eigenvalue weighted by Gasteiger charge is 2.13. The molecule has 25 heavy (non-hydrogen) atoms. The lowest BCUT2D eigenvalue weighted by molar-refractivity contribution is -0.118. The quantitative estimate of drug-likeness (QED) is 0.728. The number of para-hydroxylation sites is 1. The molecule has 0 fully saturated rings. The third kappa shape index (κ3) is 3.83. The Morgan fingerprint density at radius 3 is 2.68 bits per heavy atom. The Labute approximate surface area is 149 Å². The van der Waals surface area contributed by atoms with Crippen molar-refractivity contribution < 1.29 is 19.0 Å². The van der Waals surface area contributed by atoms with E-state index in [9.17, 15) is 4.79 Å². The first-order chi connectivity index (χ1) is 12.1. The van der Waals surface area contributed by atoms with Crippen LogP contribution >= 0.6 is 11.3 Å². The molecular weight excluding hydrogens is 340 g/mol. The molecule has 0 unspecified atom stereocenters. The minimum absolute atomic E-state index is 0.0821. The molecule has 0 saturated carbocycles. The summed E-state index contributed by atoms with van der Waals surface area (Å²) < 4.78 is 17.0. The van der Waals surface area contributed by atoms with Gasteiger partial charge in [0.25, 0.3) is 5.91 Å². The monoisotopic (exact) mass is 358 g/mol. The van der Waals surface area contributed by atoms with Gasteiger partial charge in [0.1, 0.15) is 22.8 Å². The number of thiazole rings is 1. The largest absolute Gasteiger partial charge is 0.497 e. The Balaban J connectivity index is 1.72. The molecule has 6 nitrogen and oxygen atoms in total. The Bertz CT molecular complexity index is 907. The summed E-state index contributed by atoms with van der Waals surface area (Å²) in [5, 5.41) is 3.24. The average molecular weight is 358 g/mol. The van der Waals surface area contributed by atoms with Crippen LogP contribution in [0.2, 0.25) is 0 Å². The second kappa shape index (κ2) is 7.40. The van der Waals surface area contributed by atoms with Gasteiger partial charge < -0.3 is 14.2 Å². The van der Waals surface area contributed by atoms with Gasteiger partial charge in [-0.1, -0.05) is 29.5 Å². The van der Waals surface area contributed by atoms with Gasteiger partial charge in [-0.05, 0) is 24.6 Å². The maximum absolute atomic E-state index is 12.1. The van der Waals surface area contributed by atoms with Crippen LogP contribution in [-0.2, 0) is 4.79 Å². The average Bonchev–Trinajstić information content (AvgIpc) is 3.02. The van der Waals surface area contributed by atoms with E-state index >= 15 is 0 Å². The van der Waals surface area contributed by atoms with Crippen molar-refractivity contribution in [2.24, 2.45) is 0 Å². The van der Waals surface area contributed by atoms with Crippen molar-refractivity contribution in [3.05, 3.63) is 42.0 Å². The van der Waals surface area contributed by atoms with Crippen LogP contribution in [0.15, 0.2) is 36.4 Å². The molecule has 0 atom stereocenters. The van der Waals surface area contributed by atoms with Crippen molar-refractivity contribution >= 4 is 32.6 Å². The van der Waals surface area contributed by atoms with E-state index in [0.717, 1.165) is 10.3 Å². The number of aryl methyl sites for hydroxylation is 1. The number of carbonyl (C=O) groups is 1. The lowest BCUT2D eigenvalue weighted by Gasteiger charge is -2.07. The maximum atomic E-state index is 12.1. The zero-order valence-corrected chi connectivity index (χ0v) is 15.0. The van der Waals surface area contributed by atoms with Crippen LogP contribution in [0.1, 0.15) is 5.56 Å². The molecule has 1 aromatic heterocycles. The molecule has 0 radical (unpaired) electrons. The number of benzene rings is 2. The second-order valence-corrected chi connectivity index (χ2v) is 6.33. The van der Waals surface area contributed by atoms with Crippen LogP contribution in [0.25, 0.3) is 10.2 Å². The van der Waals surface area contributed by atoms with E-state index in [2.05, 4.69) is 10.3 Å². The van der Waals surface area contributed by atoms with Gasteiger partial charge in [0, 0.05) is 6.07 Å². The number of hydrogen-bond acceptors (Lipinski definition) is 6. The van der Waals surface area contributed by atoms with Crippen LogP contribution in [-0.4, -0.2) is 31.7 Å². The number of fused-ring (bicyclic) bond motifs is 1. The molecule has 130 valence electrons.